The van der Waals surface area contributed by atoms with Crippen LogP contribution in [0.1, 0.15) is 32.4 Å². The van der Waals surface area contributed by atoms with E-state index in [-0.39, 0.29) is 12.3 Å². The Morgan fingerprint density at radius 2 is 1.50 bits per heavy atom. The first-order chi connectivity index (χ1) is 12.2. The maximum atomic E-state index is 11.6. The molecule has 6 nitrogen and oxygen atoms in total. The highest BCUT2D eigenvalue weighted by atomic mass is 16.6. The van der Waals surface area contributed by atoms with Gasteiger partial charge >= 0.3 is 6.09 Å². The molecule has 0 saturated heterocycles. The zero-order valence-electron chi connectivity index (χ0n) is 15.1. The summed E-state index contributed by atoms with van der Waals surface area (Å²) in [5, 5.41) is 32.1. The average molecular weight is 359 g/mol. The minimum Gasteiger partial charge on any atom is -0.508 e. The summed E-state index contributed by atoms with van der Waals surface area (Å²) in [6, 6.07) is 13.8. The van der Waals surface area contributed by atoms with Crippen LogP contribution in [0.15, 0.2) is 48.5 Å². The number of carbonyl (C=O) groups is 1. The number of amides is 1. The fourth-order valence-corrected chi connectivity index (χ4v) is 2.36. The lowest BCUT2D eigenvalue weighted by Crippen LogP contribution is -2.38. The van der Waals surface area contributed by atoms with Crippen molar-refractivity contribution in [1.82, 2.24) is 5.32 Å². The number of ether oxygens (including phenoxy) is 1. The first-order valence-electron chi connectivity index (χ1n) is 8.38. The van der Waals surface area contributed by atoms with Gasteiger partial charge in [-0.15, -0.1) is 0 Å². The van der Waals surface area contributed by atoms with Crippen LogP contribution in [0.5, 0.6) is 5.75 Å². The Labute approximate surface area is 153 Å². The summed E-state index contributed by atoms with van der Waals surface area (Å²) in [5.74, 6) is 0.196. The number of phenolic OH excluding ortho intramolecular Hbond substituents is 1. The van der Waals surface area contributed by atoms with Gasteiger partial charge in [-0.25, -0.2) is 4.79 Å². The van der Waals surface area contributed by atoms with E-state index in [1.165, 1.54) is 0 Å². The summed E-state index contributed by atoms with van der Waals surface area (Å²) < 4.78 is 5.09. The number of hydrogen-bond acceptors (Lipinski definition) is 5. The molecule has 0 aromatic heterocycles. The third-order valence-corrected chi connectivity index (χ3v) is 3.67. The van der Waals surface area contributed by atoms with Gasteiger partial charge in [0.05, 0.1) is 0 Å². The van der Waals surface area contributed by atoms with E-state index in [1.807, 2.05) is 12.1 Å². The first kappa shape index (κ1) is 19.8. The topological polar surface area (TPSA) is 99.0 Å². The van der Waals surface area contributed by atoms with Gasteiger partial charge in [0.15, 0.2) is 0 Å². The number of aromatic hydroxyl groups is 1. The van der Waals surface area contributed by atoms with Gasteiger partial charge in [-0.05, 0) is 49.6 Å². The third-order valence-electron chi connectivity index (χ3n) is 3.67. The minimum absolute atomic E-state index is 0.129. The van der Waals surface area contributed by atoms with Crippen molar-refractivity contribution in [3.63, 3.8) is 0 Å². The van der Waals surface area contributed by atoms with Crippen LogP contribution in [-0.2, 0) is 4.74 Å². The molecule has 140 valence electrons. The van der Waals surface area contributed by atoms with Gasteiger partial charge in [-0.1, -0.05) is 36.4 Å². The fourth-order valence-electron chi connectivity index (χ4n) is 2.36. The summed E-state index contributed by atoms with van der Waals surface area (Å²) >= 11 is 0. The van der Waals surface area contributed by atoms with Crippen LogP contribution in [0.4, 0.5) is 4.79 Å². The number of hydrogen-bond donors (Lipinski definition) is 4. The molecule has 0 saturated carbocycles. The Kier molecular flexibility index (Phi) is 6.23. The average Bonchev–Trinajstić information content (AvgIpc) is 2.58. The van der Waals surface area contributed by atoms with E-state index in [0.717, 1.165) is 11.1 Å². The SMILES string of the molecule is CC(C)(C)OC(=O)NCC(O)C(O)c1ccc(-c2ccc(O)cc2)cc1. The van der Waals surface area contributed by atoms with Gasteiger partial charge in [0.1, 0.15) is 23.6 Å². The van der Waals surface area contributed by atoms with Crippen molar-refractivity contribution in [2.24, 2.45) is 0 Å². The number of benzene rings is 2. The Morgan fingerprint density at radius 3 is 2.00 bits per heavy atom. The molecule has 0 bridgehead atoms. The molecule has 6 heteroatoms. The van der Waals surface area contributed by atoms with Crippen molar-refractivity contribution < 1.29 is 24.9 Å². The normalized spacial score (nSPS) is 13.7. The Balaban J connectivity index is 1.95. The van der Waals surface area contributed by atoms with Crippen molar-refractivity contribution in [2.45, 2.75) is 38.6 Å². The van der Waals surface area contributed by atoms with Crippen LogP contribution in [0, 0.1) is 0 Å². The Bertz CT molecular complexity index is 719. The van der Waals surface area contributed by atoms with E-state index < -0.39 is 23.9 Å². The number of rotatable bonds is 5. The zero-order chi connectivity index (χ0) is 19.3. The fraction of sp³-hybridized carbons (Fsp3) is 0.350. The predicted molar refractivity (Wildman–Crippen MR) is 98.7 cm³/mol. The monoisotopic (exact) mass is 359 g/mol. The summed E-state index contributed by atoms with van der Waals surface area (Å²) in [6.45, 7) is 5.10. The summed E-state index contributed by atoms with van der Waals surface area (Å²) in [4.78, 5) is 11.6. The molecular formula is C20H25NO5. The molecule has 2 aromatic carbocycles. The zero-order valence-corrected chi connectivity index (χ0v) is 15.1. The largest absolute Gasteiger partial charge is 0.508 e. The lowest BCUT2D eigenvalue weighted by Gasteiger charge is -2.22. The molecular weight excluding hydrogens is 334 g/mol. The molecule has 2 aromatic rings. The van der Waals surface area contributed by atoms with E-state index in [9.17, 15) is 20.1 Å². The number of alkyl carbamates (subject to hydrolysis) is 1. The van der Waals surface area contributed by atoms with Crippen molar-refractivity contribution in [3.05, 3.63) is 54.1 Å². The van der Waals surface area contributed by atoms with Gasteiger partial charge in [0, 0.05) is 6.54 Å². The molecule has 0 aliphatic carbocycles. The highest BCUT2D eigenvalue weighted by Crippen LogP contribution is 2.25. The van der Waals surface area contributed by atoms with E-state index in [4.69, 9.17) is 4.74 Å². The van der Waals surface area contributed by atoms with Gasteiger partial charge < -0.3 is 25.4 Å². The molecule has 2 atom stereocenters. The van der Waals surface area contributed by atoms with E-state index in [0.29, 0.717) is 5.56 Å². The quantitative estimate of drug-likeness (QED) is 0.658. The maximum Gasteiger partial charge on any atom is 0.407 e. The van der Waals surface area contributed by atoms with Crippen LogP contribution < -0.4 is 5.32 Å². The number of carbonyl (C=O) groups excluding carboxylic acids is 1. The molecule has 2 rings (SSSR count). The molecule has 0 aliphatic heterocycles. The second kappa shape index (κ2) is 8.21. The van der Waals surface area contributed by atoms with Gasteiger partial charge in [-0.3, -0.25) is 0 Å². The molecule has 4 N–H and O–H groups in total. The van der Waals surface area contributed by atoms with Crippen molar-refractivity contribution >= 4 is 6.09 Å². The van der Waals surface area contributed by atoms with Crippen molar-refractivity contribution in [2.75, 3.05) is 6.54 Å². The Hall–Kier alpha value is -2.57. The van der Waals surface area contributed by atoms with Crippen molar-refractivity contribution in [3.8, 4) is 16.9 Å². The molecule has 0 radical (unpaired) electrons. The lowest BCUT2D eigenvalue weighted by molar-refractivity contribution is 0.0129. The standard InChI is InChI=1S/C20H25NO5/c1-20(2,3)26-19(25)21-12-17(23)18(24)15-6-4-13(5-7-15)14-8-10-16(22)11-9-14/h4-11,17-18,22-24H,12H2,1-3H3,(H,21,25). The van der Waals surface area contributed by atoms with Gasteiger partial charge in [0.25, 0.3) is 0 Å². The molecule has 0 spiro atoms. The molecule has 0 fully saturated rings. The molecule has 0 aliphatic rings. The second-order valence-corrected chi connectivity index (χ2v) is 7.06. The van der Waals surface area contributed by atoms with Gasteiger partial charge in [0.2, 0.25) is 0 Å². The van der Waals surface area contributed by atoms with E-state index >= 15 is 0 Å². The number of nitrogens with one attached hydrogen (secondary N) is 1. The highest BCUT2D eigenvalue weighted by molar-refractivity contribution is 5.67. The predicted octanol–water partition coefficient (Wildman–Crippen LogP) is 2.98. The lowest BCUT2D eigenvalue weighted by atomic mass is 9.99. The van der Waals surface area contributed by atoms with Crippen molar-refractivity contribution in [1.29, 1.82) is 0 Å². The van der Waals surface area contributed by atoms with Crippen LogP contribution in [-0.4, -0.2) is 39.7 Å². The summed E-state index contributed by atoms with van der Waals surface area (Å²) in [7, 11) is 0. The Morgan fingerprint density at radius 1 is 1.00 bits per heavy atom. The smallest absolute Gasteiger partial charge is 0.407 e. The van der Waals surface area contributed by atoms with E-state index in [1.54, 1.807) is 57.2 Å². The highest BCUT2D eigenvalue weighted by Gasteiger charge is 2.21. The number of aliphatic hydroxyl groups excluding tert-OH is 2. The number of aliphatic hydroxyl groups is 2. The molecule has 0 heterocycles. The first-order valence-corrected chi connectivity index (χ1v) is 8.38. The minimum atomic E-state index is -1.16. The summed E-state index contributed by atoms with van der Waals surface area (Å²) in [6.07, 6.45) is -2.95. The van der Waals surface area contributed by atoms with Gasteiger partial charge in [-0.2, -0.15) is 0 Å². The molecule has 1 amide bonds. The van der Waals surface area contributed by atoms with Crippen LogP contribution in [0.25, 0.3) is 11.1 Å². The van der Waals surface area contributed by atoms with Crippen LogP contribution in [0.2, 0.25) is 0 Å². The van der Waals surface area contributed by atoms with Crippen LogP contribution >= 0.6 is 0 Å². The maximum absolute atomic E-state index is 11.6. The van der Waals surface area contributed by atoms with Crippen LogP contribution in [0.3, 0.4) is 0 Å². The number of phenols is 1. The third kappa shape index (κ3) is 5.75. The molecule has 2 unspecified atom stereocenters. The molecule has 26 heavy (non-hydrogen) atoms. The van der Waals surface area contributed by atoms with E-state index in [2.05, 4.69) is 5.32 Å². The second-order valence-electron chi connectivity index (χ2n) is 7.06. The summed E-state index contributed by atoms with van der Waals surface area (Å²) in [5.41, 5.74) is 1.75.